The highest BCUT2D eigenvalue weighted by molar-refractivity contribution is 7.15. The smallest absolute Gasteiger partial charge is 0.267 e. The summed E-state index contributed by atoms with van der Waals surface area (Å²) in [6.07, 6.45) is 4.36. The van der Waals surface area contributed by atoms with Gasteiger partial charge in [-0.05, 0) is 62.4 Å². The number of rotatable bonds is 7. The van der Waals surface area contributed by atoms with Crippen molar-refractivity contribution in [2.24, 2.45) is 0 Å². The number of Topliss-reactive ketones (excluding diaryl/α,β-unsaturated/α-hetero) is 1. The first-order valence-electron chi connectivity index (χ1n) is 10.2. The minimum atomic E-state index is -0.138. The Morgan fingerprint density at radius 1 is 1.03 bits per heavy atom. The summed E-state index contributed by atoms with van der Waals surface area (Å²) in [7, 11) is 0. The van der Waals surface area contributed by atoms with Gasteiger partial charge in [0.05, 0.1) is 12.2 Å². The van der Waals surface area contributed by atoms with E-state index in [1.807, 2.05) is 30.3 Å². The van der Waals surface area contributed by atoms with Crippen molar-refractivity contribution >= 4 is 28.2 Å². The highest BCUT2D eigenvalue weighted by atomic mass is 32.1. The maximum atomic E-state index is 13.1. The zero-order chi connectivity index (χ0) is 20.9. The number of hydrogen-bond donors (Lipinski definition) is 0. The molecular formula is C24H24N2O3S. The summed E-state index contributed by atoms with van der Waals surface area (Å²) < 4.78 is 5.72. The second-order valence-electron chi connectivity index (χ2n) is 7.41. The molecule has 0 bridgehead atoms. The molecule has 0 fully saturated rings. The van der Waals surface area contributed by atoms with Gasteiger partial charge in [-0.3, -0.25) is 14.5 Å². The summed E-state index contributed by atoms with van der Waals surface area (Å²) in [5, 5.41) is 0.742. The van der Waals surface area contributed by atoms with Crippen LogP contribution >= 0.6 is 11.3 Å². The van der Waals surface area contributed by atoms with Gasteiger partial charge in [-0.15, -0.1) is 11.3 Å². The molecule has 0 saturated carbocycles. The lowest BCUT2D eigenvalue weighted by atomic mass is 10.0. The molecule has 0 atom stereocenters. The van der Waals surface area contributed by atoms with E-state index >= 15 is 0 Å². The number of ether oxygens (including phenoxy) is 1. The molecule has 1 amide bonds. The Hall–Kier alpha value is -2.99. The van der Waals surface area contributed by atoms with E-state index in [0.29, 0.717) is 17.9 Å². The highest BCUT2D eigenvalue weighted by Crippen LogP contribution is 2.32. The van der Waals surface area contributed by atoms with Gasteiger partial charge in [-0.2, -0.15) is 0 Å². The van der Waals surface area contributed by atoms with E-state index in [0.717, 1.165) is 35.7 Å². The summed E-state index contributed by atoms with van der Waals surface area (Å²) in [4.78, 5) is 32.3. The molecular weight excluding hydrogens is 396 g/mol. The lowest BCUT2D eigenvalue weighted by Gasteiger charge is -2.20. The number of ketones is 1. The normalized spacial score (nSPS) is 12.8. The molecule has 1 aliphatic carbocycles. The van der Waals surface area contributed by atoms with Crippen LogP contribution in [0.2, 0.25) is 0 Å². The third-order valence-corrected chi connectivity index (χ3v) is 6.35. The van der Waals surface area contributed by atoms with Crippen LogP contribution in [-0.4, -0.2) is 23.3 Å². The first kappa shape index (κ1) is 20.3. The minimum Gasteiger partial charge on any atom is -0.484 e. The van der Waals surface area contributed by atoms with E-state index in [1.165, 1.54) is 18.2 Å². The number of fused-ring (bicyclic) bond motifs is 1. The molecule has 1 aliphatic rings. The lowest BCUT2D eigenvalue weighted by Crippen LogP contribution is -2.34. The average Bonchev–Trinajstić information content (AvgIpc) is 3.20. The Labute approximate surface area is 180 Å². The van der Waals surface area contributed by atoms with Crippen LogP contribution in [0.3, 0.4) is 0 Å². The fourth-order valence-corrected chi connectivity index (χ4v) is 4.66. The highest BCUT2D eigenvalue weighted by Gasteiger charge is 2.24. The Morgan fingerprint density at radius 2 is 1.77 bits per heavy atom. The Bertz CT molecular complexity index is 1000. The van der Waals surface area contributed by atoms with Gasteiger partial charge in [-0.1, -0.05) is 30.3 Å². The maximum Gasteiger partial charge on any atom is 0.267 e. The predicted molar refractivity (Wildman–Crippen MR) is 118 cm³/mol. The molecule has 0 radical (unpaired) electrons. The van der Waals surface area contributed by atoms with Gasteiger partial charge in [-0.25, -0.2) is 4.98 Å². The molecule has 5 nitrogen and oxygen atoms in total. The zero-order valence-electron chi connectivity index (χ0n) is 17.0. The van der Waals surface area contributed by atoms with Gasteiger partial charge < -0.3 is 4.74 Å². The number of aryl methyl sites for hydroxylation is 2. The van der Waals surface area contributed by atoms with Crippen molar-refractivity contribution in [1.82, 2.24) is 4.98 Å². The number of amides is 1. The summed E-state index contributed by atoms with van der Waals surface area (Å²) in [5.41, 5.74) is 2.80. The molecule has 1 aromatic heterocycles. The fourth-order valence-electron chi connectivity index (χ4n) is 3.49. The van der Waals surface area contributed by atoms with Crippen LogP contribution in [0.5, 0.6) is 5.75 Å². The van der Waals surface area contributed by atoms with Crippen molar-refractivity contribution in [3.8, 4) is 5.75 Å². The van der Waals surface area contributed by atoms with Crippen molar-refractivity contribution in [2.75, 3.05) is 11.5 Å². The van der Waals surface area contributed by atoms with E-state index in [4.69, 9.17) is 9.72 Å². The van der Waals surface area contributed by atoms with Gasteiger partial charge in [0.1, 0.15) is 5.75 Å². The standard InChI is InChI=1S/C24H24N2O3S/c1-17(27)19-11-13-20(14-12-19)29-16-23(28)26(15-18-7-3-2-4-8-18)24-25-21-9-5-6-10-22(21)30-24/h2-4,7-8,11-14H,5-6,9-10,15-16H2,1H3. The molecule has 30 heavy (non-hydrogen) atoms. The van der Waals surface area contributed by atoms with E-state index in [-0.39, 0.29) is 18.3 Å². The van der Waals surface area contributed by atoms with Crippen molar-refractivity contribution in [3.05, 3.63) is 76.3 Å². The summed E-state index contributed by atoms with van der Waals surface area (Å²) in [5.74, 6) is 0.423. The number of carbonyl (C=O) groups is 2. The third-order valence-electron chi connectivity index (χ3n) is 5.17. The fraction of sp³-hybridized carbons (Fsp3) is 0.292. The van der Waals surface area contributed by atoms with Crippen LogP contribution in [0, 0.1) is 0 Å². The second-order valence-corrected chi connectivity index (χ2v) is 8.47. The zero-order valence-corrected chi connectivity index (χ0v) is 17.8. The van der Waals surface area contributed by atoms with Crippen LogP contribution < -0.4 is 9.64 Å². The van der Waals surface area contributed by atoms with Gasteiger partial charge >= 0.3 is 0 Å². The quantitative estimate of drug-likeness (QED) is 0.514. The SMILES string of the molecule is CC(=O)c1ccc(OCC(=O)N(Cc2ccccc2)c2nc3c(s2)CCCC3)cc1. The van der Waals surface area contributed by atoms with E-state index < -0.39 is 0 Å². The average molecular weight is 421 g/mol. The van der Waals surface area contributed by atoms with Crippen molar-refractivity contribution in [3.63, 3.8) is 0 Å². The number of thiazole rings is 1. The molecule has 0 unspecified atom stereocenters. The molecule has 2 aromatic carbocycles. The Balaban J connectivity index is 1.51. The molecule has 0 aliphatic heterocycles. The lowest BCUT2D eigenvalue weighted by molar-refractivity contribution is -0.120. The number of aromatic nitrogens is 1. The molecule has 154 valence electrons. The first-order chi connectivity index (χ1) is 14.6. The Kier molecular flexibility index (Phi) is 6.23. The molecule has 0 spiro atoms. The van der Waals surface area contributed by atoms with Crippen molar-refractivity contribution < 1.29 is 14.3 Å². The number of anilines is 1. The van der Waals surface area contributed by atoms with Crippen molar-refractivity contribution in [1.29, 1.82) is 0 Å². The first-order valence-corrected chi connectivity index (χ1v) is 11.0. The molecule has 6 heteroatoms. The number of nitrogens with zero attached hydrogens (tertiary/aromatic N) is 2. The van der Waals surface area contributed by atoms with E-state index in [2.05, 4.69) is 0 Å². The van der Waals surface area contributed by atoms with Gasteiger partial charge in [0.25, 0.3) is 5.91 Å². The minimum absolute atomic E-state index is 0.000556. The second kappa shape index (κ2) is 9.22. The Morgan fingerprint density at radius 3 is 2.47 bits per heavy atom. The van der Waals surface area contributed by atoms with E-state index in [1.54, 1.807) is 40.5 Å². The van der Waals surface area contributed by atoms with Gasteiger partial charge in [0.2, 0.25) is 0 Å². The number of hydrogen-bond acceptors (Lipinski definition) is 5. The van der Waals surface area contributed by atoms with Crippen molar-refractivity contribution in [2.45, 2.75) is 39.2 Å². The van der Waals surface area contributed by atoms with Crippen LogP contribution in [0.25, 0.3) is 0 Å². The van der Waals surface area contributed by atoms with Crippen LogP contribution in [0.1, 0.15) is 46.3 Å². The van der Waals surface area contributed by atoms with E-state index in [9.17, 15) is 9.59 Å². The summed E-state index contributed by atoms with van der Waals surface area (Å²) in [6, 6.07) is 16.8. The molecule has 4 rings (SSSR count). The molecule has 0 N–H and O–H groups in total. The number of carbonyl (C=O) groups excluding carboxylic acids is 2. The maximum absolute atomic E-state index is 13.1. The van der Waals surface area contributed by atoms with Gasteiger partial charge in [0.15, 0.2) is 17.5 Å². The van der Waals surface area contributed by atoms with Crippen LogP contribution in [-0.2, 0) is 24.2 Å². The summed E-state index contributed by atoms with van der Waals surface area (Å²) in [6.45, 7) is 1.89. The van der Waals surface area contributed by atoms with Crippen LogP contribution in [0.15, 0.2) is 54.6 Å². The monoisotopic (exact) mass is 420 g/mol. The molecule has 0 saturated heterocycles. The third kappa shape index (κ3) is 4.76. The number of benzene rings is 2. The topological polar surface area (TPSA) is 59.5 Å². The van der Waals surface area contributed by atoms with Gasteiger partial charge in [0, 0.05) is 10.4 Å². The largest absolute Gasteiger partial charge is 0.484 e. The predicted octanol–water partition coefficient (Wildman–Crippen LogP) is 4.84. The van der Waals surface area contributed by atoms with Crippen LogP contribution in [0.4, 0.5) is 5.13 Å². The molecule has 3 aromatic rings. The molecule has 1 heterocycles. The summed E-state index contributed by atoms with van der Waals surface area (Å²) >= 11 is 1.62.